The fraction of sp³-hybridized carbons (Fsp3) is 0.444. The summed E-state index contributed by atoms with van der Waals surface area (Å²) in [6.45, 7) is 11.1. The van der Waals surface area contributed by atoms with Gasteiger partial charge < -0.3 is 10.2 Å². The molecular formula is C18H26N4. The highest BCUT2D eigenvalue weighted by Gasteiger charge is 2.10. The molecule has 1 aromatic carbocycles. The molecule has 118 valence electrons. The lowest BCUT2D eigenvalue weighted by Gasteiger charge is -2.22. The molecule has 1 heterocycles. The molecule has 0 unspecified atom stereocenters. The van der Waals surface area contributed by atoms with Crippen molar-refractivity contribution >= 4 is 11.8 Å². The maximum Gasteiger partial charge on any atom is 0.227 e. The van der Waals surface area contributed by atoms with Crippen molar-refractivity contribution in [2.75, 3.05) is 23.3 Å². The number of nitrogens with zero attached hydrogens (tertiary/aromatic N) is 3. The Kier molecular flexibility index (Phi) is 5.75. The summed E-state index contributed by atoms with van der Waals surface area (Å²) in [5.41, 5.74) is 2.26. The van der Waals surface area contributed by atoms with E-state index in [1.54, 1.807) is 0 Å². The van der Waals surface area contributed by atoms with Crippen LogP contribution in [0.5, 0.6) is 0 Å². The summed E-state index contributed by atoms with van der Waals surface area (Å²) in [6.07, 6.45) is 0. The van der Waals surface area contributed by atoms with Crippen molar-refractivity contribution in [1.82, 2.24) is 9.97 Å². The largest absolute Gasteiger partial charge is 0.370 e. The second-order valence-electron chi connectivity index (χ2n) is 5.97. The van der Waals surface area contributed by atoms with Gasteiger partial charge in [-0.2, -0.15) is 4.98 Å². The van der Waals surface area contributed by atoms with Crippen LogP contribution in [0, 0.1) is 12.8 Å². The Morgan fingerprint density at radius 1 is 1.14 bits per heavy atom. The summed E-state index contributed by atoms with van der Waals surface area (Å²) in [5, 5.41) is 3.39. The predicted molar refractivity (Wildman–Crippen MR) is 93.3 cm³/mol. The summed E-state index contributed by atoms with van der Waals surface area (Å²) >= 11 is 0. The standard InChI is InChI=1S/C18H26N4/c1-5-22(13-16-9-7-6-8-10-16)18-20-15(4)11-17(21-18)19-12-14(2)3/h6-11,14H,5,12-13H2,1-4H3,(H,19,20,21). The fourth-order valence-electron chi connectivity index (χ4n) is 2.22. The van der Waals surface area contributed by atoms with Crippen molar-refractivity contribution in [2.24, 2.45) is 5.92 Å². The topological polar surface area (TPSA) is 41.1 Å². The molecule has 0 amide bonds. The smallest absolute Gasteiger partial charge is 0.227 e. The highest BCUT2D eigenvalue weighted by atomic mass is 15.3. The van der Waals surface area contributed by atoms with Crippen molar-refractivity contribution in [1.29, 1.82) is 0 Å². The van der Waals surface area contributed by atoms with Crippen LogP contribution in [0.2, 0.25) is 0 Å². The molecule has 0 bridgehead atoms. The van der Waals surface area contributed by atoms with Crippen LogP contribution in [0.3, 0.4) is 0 Å². The Bertz CT molecular complexity index is 581. The zero-order valence-corrected chi connectivity index (χ0v) is 14.0. The van der Waals surface area contributed by atoms with Crippen molar-refractivity contribution < 1.29 is 0 Å². The van der Waals surface area contributed by atoms with E-state index < -0.39 is 0 Å². The first kappa shape index (κ1) is 16.3. The molecule has 4 heteroatoms. The third-order valence-electron chi connectivity index (χ3n) is 3.41. The molecular weight excluding hydrogens is 272 g/mol. The van der Waals surface area contributed by atoms with Crippen molar-refractivity contribution in [3.63, 3.8) is 0 Å². The van der Waals surface area contributed by atoms with Crippen LogP contribution in [0.15, 0.2) is 36.4 Å². The molecule has 2 rings (SSSR count). The maximum atomic E-state index is 4.68. The lowest BCUT2D eigenvalue weighted by Crippen LogP contribution is -2.25. The molecule has 0 aliphatic carbocycles. The van der Waals surface area contributed by atoms with E-state index in [4.69, 9.17) is 0 Å². The van der Waals surface area contributed by atoms with Crippen molar-refractivity contribution in [3.8, 4) is 0 Å². The van der Waals surface area contributed by atoms with E-state index in [0.29, 0.717) is 5.92 Å². The van der Waals surface area contributed by atoms with Gasteiger partial charge in [-0.3, -0.25) is 0 Å². The Morgan fingerprint density at radius 2 is 1.86 bits per heavy atom. The van der Waals surface area contributed by atoms with Gasteiger partial charge >= 0.3 is 0 Å². The number of hydrogen-bond acceptors (Lipinski definition) is 4. The molecule has 22 heavy (non-hydrogen) atoms. The van der Waals surface area contributed by atoms with Crippen LogP contribution < -0.4 is 10.2 Å². The van der Waals surface area contributed by atoms with E-state index in [9.17, 15) is 0 Å². The number of anilines is 2. The van der Waals surface area contributed by atoms with E-state index in [1.807, 2.05) is 19.1 Å². The molecule has 0 saturated carbocycles. The van der Waals surface area contributed by atoms with Gasteiger partial charge in [-0.25, -0.2) is 4.98 Å². The van der Waals surface area contributed by atoms with Crippen molar-refractivity contribution in [2.45, 2.75) is 34.2 Å². The third-order valence-corrected chi connectivity index (χ3v) is 3.41. The monoisotopic (exact) mass is 298 g/mol. The van der Waals surface area contributed by atoms with Crippen LogP contribution in [-0.2, 0) is 6.54 Å². The molecule has 0 saturated heterocycles. The second-order valence-corrected chi connectivity index (χ2v) is 5.97. The summed E-state index contributed by atoms with van der Waals surface area (Å²) < 4.78 is 0. The summed E-state index contributed by atoms with van der Waals surface area (Å²) in [4.78, 5) is 11.5. The van der Waals surface area contributed by atoms with E-state index in [2.05, 4.69) is 65.2 Å². The van der Waals surface area contributed by atoms with E-state index in [0.717, 1.165) is 37.1 Å². The van der Waals surface area contributed by atoms with E-state index in [-0.39, 0.29) is 0 Å². The first-order valence-electron chi connectivity index (χ1n) is 7.97. The second kappa shape index (κ2) is 7.78. The zero-order chi connectivity index (χ0) is 15.9. The lowest BCUT2D eigenvalue weighted by molar-refractivity contribution is 0.686. The van der Waals surface area contributed by atoms with E-state index in [1.165, 1.54) is 5.56 Å². The quantitative estimate of drug-likeness (QED) is 0.842. The first-order valence-corrected chi connectivity index (χ1v) is 7.97. The van der Waals surface area contributed by atoms with Crippen LogP contribution in [0.1, 0.15) is 32.0 Å². The highest BCUT2D eigenvalue weighted by Crippen LogP contribution is 2.16. The summed E-state index contributed by atoms with van der Waals surface area (Å²) in [5.74, 6) is 2.28. The third kappa shape index (κ3) is 4.72. The Hall–Kier alpha value is -2.10. The van der Waals surface area contributed by atoms with Gasteiger partial charge in [-0.05, 0) is 25.3 Å². The van der Waals surface area contributed by atoms with Gasteiger partial charge in [-0.15, -0.1) is 0 Å². The summed E-state index contributed by atoms with van der Waals surface area (Å²) in [7, 11) is 0. The molecule has 0 radical (unpaired) electrons. The van der Waals surface area contributed by atoms with E-state index >= 15 is 0 Å². The van der Waals surface area contributed by atoms with Gasteiger partial charge in [0.25, 0.3) is 0 Å². The van der Waals surface area contributed by atoms with Gasteiger partial charge in [0.2, 0.25) is 5.95 Å². The van der Waals surface area contributed by atoms with Gasteiger partial charge in [-0.1, -0.05) is 44.2 Å². The predicted octanol–water partition coefficient (Wildman–Crippen LogP) is 3.88. The molecule has 2 aromatic rings. The molecule has 4 nitrogen and oxygen atoms in total. The average Bonchev–Trinajstić information content (AvgIpc) is 2.51. The van der Waals surface area contributed by atoms with Crippen LogP contribution >= 0.6 is 0 Å². The SMILES string of the molecule is CCN(Cc1ccccc1)c1nc(C)cc(NCC(C)C)n1. The molecule has 0 atom stereocenters. The van der Waals surface area contributed by atoms with Gasteiger partial charge in [0.05, 0.1) is 0 Å². The van der Waals surface area contributed by atoms with Crippen LogP contribution in [0.4, 0.5) is 11.8 Å². The Morgan fingerprint density at radius 3 is 2.50 bits per heavy atom. The summed E-state index contributed by atoms with van der Waals surface area (Å²) in [6, 6.07) is 12.4. The molecule has 0 aliphatic rings. The minimum absolute atomic E-state index is 0.588. The van der Waals surface area contributed by atoms with Crippen molar-refractivity contribution in [3.05, 3.63) is 47.7 Å². The lowest BCUT2D eigenvalue weighted by atomic mass is 10.2. The fourth-order valence-corrected chi connectivity index (χ4v) is 2.22. The molecule has 0 spiro atoms. The number of aromatic nitrogens is 2. The van der Waals surface area contributed by atoms with Gasteiger partial charge in [0, 0.05) is 31.4 Å². The highest BCUT2D eigenvalue weighted by molar-refractivity contribution is 5.44. The maximum absolute atomic E-state index is 4.68. The van der Waals surface area contributed by atoms with Gasteiger partial charge in [0.1, 0.15) is 5.82 Å². The first-order chi connectivity index (χ1) is 10.6. The Balaban J connectivity index is 2.17. The number of hydrogen-bond donors (Lipinski definition) is 1. The number of rotatable bonds is 7. The number of nitrogens with one attached hydrogen (secondary N) is 1. The molecule has 1 N–H and O–H groups in total. The number of aryl methyl sites for hydroxylation is 1. The Labute approximate surface area is 133 Å². The minimum atomic E-state index is 0.588. The minimum Gasteiger partial charge on any atom is -0.370 e. The average molecular weight is 298 g/mol. The zero-order valence-electron chi connectivity index (χ0n) is 14.0. The normalized spacial score (nSPS) is 10.8. The number of benzene rings is 1. The molecule has 0 aliphatic heterocycles. The molecule has 1 aromatic heterocycles. The van der Waals surface area contributed by atoms with Crippen LogP contribution in [0.25, 0.3) is 0 Å². The van der Waals surface area contributed by atoms with Crippen LogP contribution in [-0.4, -0.2) is 23.1 Å². The molecule has 0 fully saturated rings. The van der Waals surface area contributed by atoms with Gasteiger partial charge in [0.15, 0.2) is 0 Å².